The number of benzene rings is 1. The van der Waals surface area contributed by atoms with Crippen LogP contribution >= 0.6 is 0 Å². The van der Waals surface area contributed by atoms with E-state index in [1.165, 1.54) is 5.56 Å². The Morgan fingerprint density at radius 3 is 1.58 bits per heavy atom. The molecule has 0 aliphatic heterocycles. The minimum atomic E-state index is 0. The first kappa shape index (κ1) is 18.0. The quantitative estimate of drug-likeness (QED) is 0.420. The molecule has 1 aromatic rings. The Morgan fingerprint density at radius 1 is 0.917 bits per heavy atom. The molecule has 0 aliphatic carbocycles. The third-order valence-corrected chi connectivity index (χ3v) is 1.13. The Kier molecular flexibility index (Phi) is 20.6. The molecule has 0 spiro atoms. The third-order valence-electron chi connectivity index (χ3n) is 1.13. The Morgan fingerprint density at radius 2 is 1.33 bits per heavy atom. The van der Waals surface area contributed by atoms with Gasteiger partial charge >= 0.3 is 37.7 Å². The van der Waals surface area contributed by atoms with Crippen molar-refractivity contribution in [3.63, 3.8) is 0 Å². The van der Waals surface area contributed by atoms with E-state index in [9.17, 15) is 0 Å². The van der Waals surface area contributed by atoms with Crippen LogP contribution in [0.25, 0.3) is 0 Å². The molecule has 57 valence electrons. The van der Waals surface area contributed by atoms with E-state index in [0.717, 1.165) is 6.42 Å². The van der Waals surface area contributed by atoms with Crippen molar-refractivity contribution in [2.75, 3.05) is 0 Å². The molecule has 0 saturated carbocycles. The molecule has 12 heavy (non-hydrogen) atoms. The predicted octanol–water partition coefficient (Wildman–Crippen LogP) is 1.57. The second-order valence-corrected chi connectivity index (χ2v) is 1.74. The Hall–Kier alpha value is 0.155. The zero-order chi connectivity index (χ0) is 7.82. The van der Waals surface area contributed by atoms with E-state index >= 15 is 0 Å². The number of hydrogen-bond donors (Lipinski definition) is 0. The summed E-state index contributed by atoms with van der Waals surface area (Å²) in [5, 5.41) is 0. The normalized spacial score (nSPS) is 6.42. The van der Waals surface area contributed by atoms with Gasteiger partial charge in [0, 0.05) is 0 Å². The molecule has 0 aromatic heterocycles. The summed E-state index contributed by atoms with van der Waals surface area (Å²) in [6.45, 7) is 9.76. The molecule has 0 heterocycles. The van der Waals surface area contributed by atoms with Crippen LogP contribution < -0.4 is 0 Å². The Bertz CT molecular complexity index is 161. The van der Waals surface area contributed by atoms with Crippen LogP contribution in [-0.4, -0.2) is 37.7 Å². The van der Waals surface area contributed by atoms with Crippen LogP contribution in [0, 0.1) is 6.92 Å². The van der Waals surface area contributed by atoms with E-state index in [-0.39, 0.29) is 37.7 Å². The summed E-state index contributed by atoms with van der Waals surface area (Å²) >= 11 is 0. The van der Waals surface area contributed by atoms with E-state index in [1.807, 2.05) is 18.2 Å². The summed E-state index contributed by atoms with van der Waals surface area (Å²) in [4.78, 5) is 0. The summed E-state index contributed by atoms with van der Waals surface area (Å²) in [5.74, 6) is 0. The Balaban J connectivity index is -0.000000189. The molecule has 0 saturated heterocycles. The fraction of sp³-hybridized carbons (Fsp3) is 0.100. The molecular weight excluding hydrogens is 134 g/mol. The van der Waals surface area contributed by atoms with E-state index in [1.54, 1.807) is 0 Å². The van der Waals surface area contributed by atoms with Crippen LogP contribution in [0.15, 0.2) is 43.5 Å². The second-order valence-electron chi connectivity index (χ2n) is 1.74. The molecule has 1 aromatic carbocycles. The fourth-order valence-electron chi connectivity index (χ4n) is 0.645. The van der Waals surface area contributed by atoms with Gasteiger partial charge in [0.05, 0.1) is 0 Å². The van der Waals surface area contributed by atoms with Crippen molar-refractivity contribution in [1.29, 1.82) is 0 Å². The SMILES string of the molecule is C=C.[CH2]Cc1ccccc1.[LiH].[LiH]. The number of rotatable bonds is 1. The first-order valence-corrected chi connectivity index (χ1v) is 3.26. The first-order valence-electron chi connectivity index (χ1n) is 3.26. The molecule has 0 nitrogen and oxygen atoms in total. The van der Waals surface area contributed by atoms with Gasteiger partial charge in [-0.3, -0.25) is 0 Å². The van der Waals surface area contributed by atoms with Crippen molar-refractivity contribution in [1.82, 2.24) is 0 Å². The van der Waals surface area contributed by atoms with Crippen molar-refractivity contribution >= 4 is 37.7 Å². The van der Waals surface area contributed by atoms with Gasteiger partial charge in [-0.15, -0.1) is 13.2 Å². The average Bonchev–Trinajstić information content (AvgIpc) is 2.10. The van der Waals surface area contributed by atoms with E-state index in [2.05, 4.69) is 32.2 Å². The third kappa shape index (κ3) is 8.25. The summed E-state index contributed by atoms with van der Waals surface area (Å²) < 4.78 is 0. The van der Waals surface area contributed by atoms with Crippen molar-refractivity contribution in [3.8, 4) is 0 Å². The first-order chi connectivity index (χ1) is 4.93. The zero-order valence-corrected chi connectivity index (χ0v) is 6.22. The molecule has 2 heteroatoms. The molecule has 0 fully saturated rings. The van der Waals surface area contributed by atoms with Crippen LogP contribution in [-0.2, 0) is 6.42 Å². The molecule has 0 N–H and O–H groups in total. The zero-order valence-electron chi connectivity index (χ0n) is 6.22. The van der Waals surface area contributed by atoms with Gasteiger partial charge in [0.15, 0.2) is 0 Å². The number of hydrogen-bond acceptors (Lipinski definition) is 0. The molecule has 1 radical (unpaired) electrons. The average molecular weight is 149 g/mol. The summed E-state index contributed by atoms with van der Waals surface area (Å²) in [5.41, 5.74) is 1.30. The van der Waals surface area contributed by atoms with Gasteiger partial charge in [0.1, 0.15) is 0 Å². The second kappa shape index (κ2) is 13.7. The van der Waals surface area contributed by atoms with Crippen molar-refractivity contribution in [3.05, 3.63) is 56.0 Å². The molecule has 0 atom stereocenters. The molecule has 0 aliphatic rings. The predicted molar refractivity (Wildman–Crippen MR) is 61.1 cm³/mol. The van der Waals surface area contributed by atoms with E-state index in [0.29, 0.717) is 0 Å². The van der Waals surface area contributed by atoms with Crippen molar-refractivity contribution in [2.24, 2.45) is 0 Å². The van der Waals surface area contributed by atoms with Gasteiger partial charge in [-0.05, 0) is 18.9 Å². The van der Waals surface area contributed by atoms with Crippen LogP contribution in [0.1, 0.15) is 5.56 Å². The van der Waals surface area contributed by atoms with Gasteiger partial charge in [-0.2, -0.15) is 0 Å². The summed E-state index contributed by atoms with van der Waals surface area (Å²) in [6.07, 6.45) is 0.890. The maximum atomic E-state index is 3.76. The molecule has 0 amide bonds. The van der Waals surface area contributed by atoms with Gasteiger partial charge < -0.3 is 0 Å². The van der Waals surface area contributed by atoms with Crippen LogP contribution in [0.5, 0.6) is 0 Å². The monoisotopic (exact) mass is 149 g/mol. The summed E-state index contributed by atoms with van der Waals surface area (Å²) in [6, 6.07) is 10.2. The minimum absolute atomic E-state index is 0. The van der Waals surface area contributed by atoms with Gasteiger partial charge in [0.25, 0.3) is 0 Å². The fourth-order valence-corrected chi connectivity index (χ4v) is 0.645. The van der Waals surface area contributed by atoms with E-state index in [4.69, 9.17) is 0 Å². The topological polar surface area (TPSA) is 0 Å². The van der Waals surface area contributed by atoms with Gasteiger partial charge in [-0.25, -0.2) is 0 Å². The van der Waals surface area contributed by atoms with Crippen molar-refractivity contribution < 1.29 is 0 Å². The molecular formula is C10H15Li2. The van der Waals surface area contributed by atoms with Crippen molar-refractivity contribution in [2.45, 2.75) is 6.42 Å². The van der Waals surface area contributed by atoms with Crippen LogP contribution in [0.3, 0.4) is 0 Å². The van der Waals surface area contributed by atoms with Gasteiger partial charge in [-0.1, -0.05) is 30.3 Å². The Labute approximate surface area is 99.8 Å². The van der Waals surface area contributed by atoms with Crippen LogP contribution in [0.4, 0.5) is 0 Å². The maximum absolute atomic E-state index is 3.76. The van der Waals surface area contributed by atoms with Crippen LogP contribution in [0.2, 0.25) is 0 Å². The molecule has 0 bridgehead atoms. The van der Waals surface area contributed by atoms with Gasteiger partial charge in [0.2, 0.25) is 0 Å². The molecule has 0 unspecified atom stereocenters. The standard InChI is InChI=1S/C8H9.C2H4.2Li.2H/c1-2-8-6-4-3-5-7-8;1-2;;;;/h3-7H,1-2H2;1-2H2;;;;. The molecule has 1 rings (SSSR count). The van der Waals surface area contributed by atoms with E-state index < -0.39 is 0 Å². The summed E-state index contributed by atoms with van der Waals surface area (Å²) in [7, 11) is 0.